The normalized spacial score (nSPS) is 13.7. The summed E-state index contributed by atoms with van der Waals surface area (Å²) in [5, 5.41) is 0. The number of fused-ring (bicyclic) bond motifs is 1. The first-order valence-electron chi connectivity index (χ1n) is 6.38. The molecule has 0 amide bonds. The summed E-state index contributed by atoms with van der Waals surface area (Å²) in [5.41, 5.74) is 3.34. The summed E-state index contributed by atoms with van der Waals surface area (Å²) in [4.78, 5) is 8.98. The third-order valence-corrected chi connectivity index (χ3v) is 4.49. The van der Waals surface area contributed by atoms with E-state index in [9.17, 15) is 8.42 Å². The zero-order valence-corrected chi connectivity index (χ0v) is 12.5. The fourth-order valence-corrected chi connectivity index (χ4v) is 3.04. The number of aromatic nitrogens is 1. The molecule has 0 unspecified atom stereocenters. The number of methoxy groups -OCH3 is 1. The Balaban J connectivity index is 2.14. The number of nitrogens with zero attached hydrogens (tertiary/aromatic N) is 2. The largest absolute Gasteiger partial charge is 0.480 e. The molecule has 0 radical (unpaired) electrons. The molecule has 0 saturated carbocycles. The van der Waals surface area contributed by atoms with Crippen molar-refractivity contribution in [3.63, 3.8) is 0 Å². The van der Waals surface area contributed by atoms with Crippen molar-refractivity contribution < 1.29 is 13.2 Å². The third kappa shape index (κ3) is 2.42. The van der Waals surface area contributed by atoms with Gasteiger partial charge < -0.3 is 4.74 Å². The first-order chi connectivity index (χ1) is 10.0. The fraction of sp³-hybridized carbons (Fsp3) is 0.200. The van der Waals surface area contributed by atoms with Crippen molar-refractivity contribution in [2.45, 2.75) is 11.4 Å². The summed E-state index contributed by atoms with van der Waals surface area (Å²) in [6, 6.07) is 8.67. The second-order valence-corrected chi connectivity index (χ2v) is 6.83. The molecule has 1 aliphatic rings. The Hall–Kier alpha value is -2.21. The minimum absolute atomic E-state index is 0.277. The lowest BCUT2D eigenvalue weighted by molar-refractivity contribution is 0.397. The van der Waals surface area contributed by atoms with Crippen LogP contribution < -0.4 is 4.74 Å². The molecule has 0 aliphatic carbocycles. The maximum atomic E-state index is 11.7. The average Bonchev–Trinajstić information content (AvgIpc) is 2.90. The number of hydrogen-bond acceptors (Lipinski definition) is 5. The van der Waals surface area contributed by atoms with Crippen LogP contribution in [0.2, 0.25) is 0 Å². The first-order valence-corrected chi connectivity index (χ1v) is 8.27. The molecule has 5 nitrogen and oxygen atoms in total. The molecule has 0 N–H and O–H groups in total. The van der Waals surface area contributed by atoms with Gasteiger partial charge in [0.05, 0.1) is 29.8 Å². The van der Waals surface area contributed by atoms with E-state index in [1.807, 2.05) is 12.1 Å². The van der Waals surface area contributed by atoms with Crippen molar-refractivity contribution in [2.24, 2.45) is 4.99 Å². The van der Waals surface area contributed by atoms with Crippen LogP contribution in [0, 0.1) is 0 Å². The van der Waals surface area contributed by atoms with Gasteiger partial charge in [-0.3, -0.25) is 4.99 Å². The van der Waals surface area contributed by atoms with Gasteiger partial charge in [-0.05, 0) is 23.8 Å². The SMILES string of the molecule is COc1nccc2c1C(c1cccc(S(C)(=O)=O)c1)=NC2. The molecular weight excluding hydrogens is 288 g/mol. The Labute approximate surface area is 123 Å². The molecule has 2 aromatic rings. The maximum Gasteiger partial charge on any atom is 0.222 e. The molecule has 1 aromatic heterocycles. The second-order valence-electron chi connectivity index (χ2n) is 4.82. The molecule has 3 rings (SSSR count). The Bertz CT molecular complexity index is 842. The molecule has 1 aromatic carbocycles. The van der Waals surface area contributed by atoms with Crippen molar-refractivity contribution in [3.8, 4) is 5.88 Å². The van der Waals surface area contributed by atoms with Crippen LogP contribution in [0.3, 0.4) is 0 Å². The van der Waals surface area contributed by atoms with Crippen molar-refractivity contribution in [1.82, 2.24) is 4.98 Å². The monoisotopic (exact) mass is 302 g/mol. The van der Waals surface area contributed by atoms with Crippen LogP contribution in [0.5, 0.6) is 5.88 Å². The number of aliphatic imine (C=N–C) groups is 1. The molecule has 108 valence electrons. The van der Waals surface area contributed by atoms with E-state index in [0.29, 0.717) is 12.4 Å². The van der Waals surface area contributed by atoms with Gasteiger partial charge in [0.25, 0.3) is 0 Å². The minimum Gasteiger partial charge on any atom is -0.480 e. The van der Waals surface area contributed by atoms with E-state index in [-0.39, 0.29) is 4.90 Å². The minimum atomic E-state index is -3.25. The van der Waals surface area contributed by atoms with Gasteiger partial charge in [0, 0.05) is 18.0 Å². The molecule has 6 heteroatoms. The summed E-state index contributed by atoms with van der Waals surface area (Å²) in [6.45, 7) is 0.548. The van der Waals surface area contributed by atoms with E-state index in [1.165, 1.54) is 6.26 Å². The van der Waals surface area contributed by atoms with Gasteiger partial charge in [-0.15, -0.1) is 0 Å². The van der Waals surface area contributed by atoms with Gasteiger partial charge >= 0.3 is 0 Å². The van der Waals surface area contributed by atoms with E-state index in [2.05, 4.69) is 9.98 Å². The number of hydrogen-bond donors (Lipinski definition) is 0. The lowest BCUT2D eigenvalue weighted by Gasteiger charge is -2.09. The summed E-state index contributed by atoms with van der Waals surface area (Å²) >= 11 is 0. The first kappa shape index (κ1) is 13.8. The molecule has 1 aliphatic heterocycles. The average molecular weight is 302 g/mol. The highest BCUT2D eigenvalue weighted by molar-refractivity contribution is 7.90. The zero-order valence-electron chi connectivity index (χ0n) is 11.7. The molecule has 0 fully saturated rings. The highest BCUT2D eigenvalue weighted by Gasteiger charge is 2.23. The second kappa shape index (κ2) is 4.96. The smallest absolute Gasteiger partial charge is 0.222 e. The Morgan fingerprint density at radius 3 is 2.76 bits per heavy atom. The Morgan fingerprint density at radius 2 is 2.05 bits per heavy atom. The van der Waals surface area contributed by atoms with Crippen molar-refractivity contribution >= 4 is 15.5 Å². The number of ether oxygens (including phenoxy) is 1. The summed E-state index contributed by atoms with van der Waals surface area (Å²) < 4.78 is 28.7. The van der Waals surface area contributed by atoms with Gasteiger partial charge in [0.1, 0.15) is 0 Å². The van der Waals surface area contributed by atoms with Crippen LogP contribution in [-0.2, 0) is 16.4 Å². The van der Waals surface area contributed by atoms with Crippen molar-refractivity contribution in [3.05, 3.63) is 53.2 Å². The quantitative estimate of drug-likeness (QED) is 0.867. The Morgan fingerprint density at radius 1 is 1.24 bits per heavy atom. The van der Waals surface area contributed by atoms with Crippen LogP contribution in [-0.4, -0.2) is 32.5 Å². The molecule has 0 atom stereocenters. The standard InChI is InChI=1S/C15H14N2O3S/c1-20-15-13-11(6-7-16-15)9-17-14(13)10-4-3-5-12(8-10)21(2,18)19/h3-8H,9H2,1-2H3. The number of sulfone groups is 1. The van der Waals surface area contributed by atoms with E-state index in [1.54, 1.807) is 31.5 Å². The molecule has 0 bridgehead atoms. The van der Waals surface area contributed by atoms with Gasteiger partial charge in [0.2, 0.25) is 5.88 Å². The van der Waals surface area contributed by atoms with E-state index in [0.717, 1.165) is 22.4 Å². The van der Waals surface area contributed by atoms with Gasteiger partial charge in [0.15, 0.2) is 9.84 Å². The maximum absolute atomic E-state index is 11.7. The predicted molar refractivity (Wildman–Crippen MR) is 79.7 cm³/mol. The van der Waals surface area contributed by atoms with E-state index < -0.39 is 9.84 Å². The summed E-state index contributed by atoms with van der Waals surface area (Å²) in [6.07, 6.45) is 2.88. The highest BCUT2D eigenvalue weighted by atomic mass is 32.2. The Kier molecular flexibility index (Phi) is 3.25. The van der Waals surface area contributed by atoms with E-state index >= 15 is 0 Å². The van der Waals surface area contributed by atoms with Gasteiger partial charge in [-0.25, -0.2) is 13.4 Å². The molecule has 0 saturated heterocycles. The molecule has 21 heavy (non-hydrogen) atoms. The van der Waals surface area contributed by atoms with Crippen LogP contribution >= 0.6 is 0 Å². The van der Waals surface area contributed by atoms with Crippen LogP contribution in [0.1, 0.15) is 16.7 Å². The van der Waals surface area contributed by atoms with Crippen LogP contribution in [0.25, 0.3) is 0 Å². The van der Waals surface area contributed by atoms with E-state index in [4.69, 9.17) is 4.74 Å². The summed E-state index contributed by atoms with van der Waals surface area (Å²) in [5.74, 6) is 0.508. The van der Waals surface area contributed by atoms with Gasteiger partial charge in [-0.1, -0.05) is 12.1 Å². The lowest BCUT2D eigenvalue weighted by Crippen LogP contribution is -2.06. The lowest BCUT2D eigenvalue weighted by atomic mass is 10.0. The van der Waals surface area contributed by atoms with Crippen LogP contribution in [0.15, 0.2) is 46.4 Å². The highest BCUT2D eigenvalue weighted by Crippen LogP contribution is 2.29. The topological polar surface area (TPSA) is 68.6 Å². The van der Waals surface area contributed by atoms with Gasteiger partial charge in [-0.2, -0.15) is 0 Å². The number of pyridine rings is 1. The van der Waals surface area contributed by atoms with Crippen molar-refractivity contribution in [1.29, 1.82) is 0 Å². The predicted octanol–water partition coefficient (Wildman–Crippen LogP) is 1.84. The molecule has 2 heterocycles. The summed E-state index contributed by atoms with van der Waals surface area (Å²) in [7, 11) is -1.69. The third-order valence-electron chi connectivity index (χ3n) is 3.38. The zero-order chi connectivity index (χ0) is 15.0. The number of rotatable bonds is 3. The molecular formula is C15H14N2O3S. The van der Waals surface area contributed by atoms with Crippen LogP contribution in [0.4, 0.5) is 0 Å². The number of benzene rings is 1. The fourth-order valence-electron chi connectivity index (χ4n) is 2.37. The van der Waals surface area contributed by atoms with Crippen molar-refractivity contribution in [2.75, 3.05) is 13.4 Å². The molecule has 0 spiro atoms.